The SMILES string of the molecule is COC(=O)c1cc(S(=O)(=O)Nc2cccc3[nH]ccc23)ccc1O. The van der Waals surface area contributed by atoms with Gasteiger partial charge < -0.3 is 14.8 Å². The van der Waals surface area contributed by atoms with Crippen LogP contribution in [0.4, 0.5) is 5.69 Å². The molecule has 124 valence electrons. The van der Waals surface area contributed by atoms with E-state index < -0.39 is 16.0 Å². The number of nitrogens with one attached hydrogen (secondary N) is 2. The van der Waals surface area contributed by atoms with Gasteiger partial charge in [0.2, 0.25) is 0 Å². The van der Waals surface area contributed by atoms with Crippen LogP contribution in [0.25, 0.3) is 10.9 Å². The van der Waals surface area contributed by atoms with Gasteiger partial charge in [-0.1, -0.05) is 6.07 Å². The van der Waals surface area contributed by atoms with Crippen molar-refractivity contribution < 1.29 is 23.1 Å². The van der Waals surface area contributed by atoms with Gasteiger partial charge in [0, 0.05) is 17.1 Å². The van der Waals surface area contributed by atoms with E-state index in [1.807, 2.05) is 6.07 Å². The molecule has 1 heterocycles. The van der Waals surface area contributed by atoms with E-state index in [2.05, 4.69) is 14.4 Å². The highest BCUT2D eigenvalue weighted by molar-refractivity contribution is 7.92. The van der Waals surface area contributed by atoms with Crippen molar-refractivity contribution in [3.8, 4) is 5.75 Å². The topological polar surface area (TPSA) is 108 Å². The third kappa shape index (κ3) is 2.79. The van der Waals surface area contributed by atoms with Crippen LogP contribution in [0.5, 0.6) is 5.75 Å². The number of fused-ring (bicyclic) bond motifs is 1. The van der Waals surface area contributed by atoms with Crippen LogP contribution in [0.1, 0.15) is 10.4 Å². The Morgan fingerprint density at radius 3 is 2.75 bits per heavy atom. The van der Waals surface area contributed by atoms with Crippen molar-refractivity contribution in [3.05, 3.63) is 54.2 Å². The summed E-state index contributed by atoms with van der Waals surface area (Å²) in [7, 11) is -2.80. The average Bonchev–Trinajstić information content (AvgIpc) is 3.04. The number of carbonyl (C=O) groups is 1. The molecule has 3 rings (SSSR count). The Bertz CT molecular complexity index is 1020. The second-order valence-electron chi connectivity index (χ2n) is 5.02. The van der Waals surface area contributed by atoms with E-state index in [1.54, 1.807) is 24.4 Å². The quantitative estimate of drug-likeness (QED) is 0.629. The number of sulfonamides is 1. The summed E-state index contributed by atoms with van der Waals surface area (Å²) in [6, 6.07) is 10.3. The van der Waals surface area contributed by atoms with Gasteiger partial charge in [-0.3, -0.25) is 4.72 Å². The molecule has 0 saturated heterocycles. The summed E-state index contributed by atoms with van der Waals surface area (Å²) in [4.78, 5) is 14.4. The van der Waals surface area contributed by atoms with Crippen molar-refractivity contribution >= 4 is 32.6 Å². The predicted molar refractivity (Wildman–Crippen MR) is 88.6 cm³/mol. The first-order valence-corrected chi connectivity index (χ1v) is 8.41. The number of phenolic OH excluding ortho intramolecular Hbond substituents is 1. The lowest BCUT2D eigenvalue weighted by atomic mass is 10.2. The maximum Gasteiger partial charge on any atom is 0.341 e. The van der Waals surface area contributed by atoms with E-state index in [9.17, 15) is 18.3 Å². The number of H-pyrrole nitrogens is 1. The number of aromatic nitrogens is 1. The average molecular weight is 346 g/mol. The normalized spacial score (nSPS) is 11.4. The van der Waals surface area contributed by atoms with Crippen molar-refractivity contribution in [1.82, 2.24) is 4.98 Å². The molecule has 3 N–H and O–H groups in total. The number of carbonyl (C=O) groups excluding carboxylic acids is 1. The summed E-state index contributed by atoms with van der Waals surface area (Å²) in [5, 5.41) is 10.4. The number of benzene rings is 2. The summed E-state index contributed by atoms with van der Waals surface area (Å²) in [6.07, 6.45) is 1.71. The number of aromatic hydroxyl groups is 1. The standard InChI is InChI=1S/C16H14N2O5S/c1-23-16(20)12-9-10(5-6-15(12)19)24(21,22)18-14-4-2-3-13-11(14)7-8-17-13/h2-9,17-19H,1H3. The zero-order chi connectivity index (χ0) is 17.3. The Kier molecular flexibility index (Phi) is 3.90. The van der Waals surface area contributed by atoms with E-state index in [0.717, 1.165) is 24.8 Å². The van der Waals surface area contributed by atoms with Crippen molar-refractivity contribution in [2.24, 2.45) is 0 Å². The Hall–Kier alpha value is -3.00. The molecule has 24 heavy (non-hydrogen) atoms. The van der Waals surface area contributed by atoms with E-state index >= 15 is 0 Å². The number of rotatable bonds is 4. The van der Waals surface area contributed by atoms with Crippen molar-refractivity contribution in [2.45, 2.75) is 4.90 Å². The fourth-order valence-electron chi connectivity index (χ4n) is 2.33. The Labute approximate surface area is 137 Å². The molecule has 0 aliphatic rings. The number of anilines is 1. The molecule has 0 unspecified atom stereocenters. The summed E-state index contributed by atoms with van der Waals surface area (Å²) in [5.74, 6) is -1.18. The Morgan fingerprint density at radius 2 is 2.00 bits per heavy atom. The molecule has 0 bridgehead atoms. The number of methoxy groups -OCH3 is 1. The smallest absolute Gasteiger partial charge is 0.341 e. The molecule has 0 saturated carbocycles. The van der Waals surface area contributed by atoms with Crippen LogP contribution in [0, 0.1) is 0 Å². The fraction of sp³-hybridized carbons (Fsp3) is 0.0625. The molecule has 0 aliphatic heterocycles. The highest BCUT2D eigenvalue weighted by atomic mass is 32.2. The van der Waals surface area contributed by atoms with Crippen LogP contribution >= 0.6 is 0 Å². The maximum atomic E-state index is 12.6. The van der Waals surface area contributed by atoms with Gasteiger partial charge >= 0.3 is 5.97 Å². The number of hydrogen-bond acceptors (Lipinski definition) is 5. The van der Waals surface area contributed by atoms with Gasteiger partial charge in [0.25, 0.3) is 10.0 Å². The zero-order valence-corrected chi connectivity index (χ0v) is 13.4. The number of ether oxygens (including phenoxy) is 1. The lowest BCUT2D eigenvalue weighted by Gasteiger charge is -2.11. The number of aromatic amines is 1. The molecular formula is C16H14N2O5S. The summed E-state index contributed by atoms with van der Waals surface area (Å²) in [6.45, 7) is 0. The number of phenols is 1. The summed E-state index contributed by atoms with van der Waals surface area (Å²) in [5.41, 5.74) is 0.970. The van der Waals surface area contributed by atoms with Crippen LogP contribution in [-0.4, -0.2) is 31.6 Å². The minimum absolute atomic E-state index is 0.159. The molecule has 3 aromatic rings. The molecule has 1 aromatic heterocycles. The zero-order valence-electron chi connectivity index (χ0n) is 12.6. The molecule has 0 fully saturated rings. The van der Waals surface area contributed by atoms with Gasteiger partial charge in [-0.2, -0.15) is 0 Å². The van der Waals surface area contributed by atoms with Crippen LogP contribution in [0.15, 0.2) is 53.6 Å². The Balaban J connectivity index is 2.02. The molecule has 0 aliphatic carbocycles. The minimum atomic E-state index is -3.95. The lowest BCUT2D eigenvalue weighted by Crippen LogP contribution is -2.14. The largest absolute Gasteiger partial charge is 0.507 e. The lowest BCUT2D eigenvalue weighted by molar-refractivity contribution is 0.0597. The first-order chi connectivity index (χ1) is 11.4. The highest BCUT2D eigenvalue weighted by Gasteiger charge is 2.20. The molecule has 0 radical (unpaired) electrons. The molecular weight excluding hydrogens is 332 g/mol. The molecule has 0 atom stereocenters. The monoisotopic (exact) mass is 346 g/mol. The summed E-state index contributed by atoms with van der Waals surface area (Å²) >= 11 is 0. The number of esters is 1. The van der Waals surface area contributed by atoms with Crippen molar-refractivity contribution in [3.63, 3.8) is 0 Å². The van der Waals surface area contributed by atoms with Crippen LogP contribution in [0.2, 0.25) is 0 Å². The summed E-state index contributed by atoms with van der Waals surface area (Å²) < 4.78 is 32.2. The highest BCUT2D eigenvalue weighted by Crippen LogP contribution is 2.27. The maximum absolute atomic E-state index is 12.6. The molecule has 0 amide bonds. The first kappa shape index (κ1) is 15.9. The second-order valence-corrected chi connectivity index (χ2v) is 6.70. The van der Waals surface area contributed by atoms with E-state index in [0.29, 0.717) is 11.1 Å². The number of hydrogen-bond donors (Lipinski definition) is 3. The molecule has 2 aromatic carbocycles. The van der Waals surface area contributed by atoms with Crippen molar-refractivity contribution in [1.29, 1.82) is 0 Å². The van der Waals surface area contributed by atoms with Gasteiger partial charge in [-0.25, -0.2) is 13.2 Å². The first-order valence-electron chi connectivity index (χ1n) is 6.92. The predicted octanol–water partition coefficient (Wildman–Crippen LogP) is 2.46. The second kappa shape index (κ2) is 5.89. The minimum Gasteiger partial charge on any atom is -0.507 e. The van der Waals surface area contributed by atoms with Gasteiger partial charge in [0.05, 0.1) is 17.7 Å². The van der Waals surface area contributed by atoms with Gasteiger partial charge in [-0.05, 0) is 36.4 Å². The van der Waals surface area contributed by atoms with Gasteiger partial charge in [-0.15, -0.1) is 0 Å². The van der Waals surface area contributed by atoms with Crippen molar-refractivity contribution in [2.75, 3.05) is 11.8 Å². The third-order valence-electron chi connectivity index (χ3n) is 3.52. The van der Waals surface area contributed by atoms with Gasteiger partial charge in [0.1, 0.15) is 11.3 Å². The van der Waals surface area contributed by atoms with E-state index in [1.165, 1.54) is 6.07 Å². The van der Waals surface area contributed by atoms with Crippen LogP contribution in [-0.2, 0) is 14.8 Å². The van der Waals surface area contributed by atoms with E-state index in [4.69, 9.17) is 0 Å². The third-order valence-corrected chi connectivity index (χ3v) is 4.89. The molecule has 0 spiro atoms. The molecule has 7 nitrogen and oxygen atoms in total. The van der Waals surface area contributed by atoms with Crippen LogP contribution < -0.4 is 4.72 Å². The molecule has 8 heteroatoms. The fourth-order valence-corrected chi connectivity index (χ4v) is 3.44. The van der Waals surface area contributed by atoms with Gasteiger partial charge in [0.15, 0.2) is 0 Å². The van der Waals surface area contributed by atoms with E-state index in [-0.39, 0.29) is 16.2 Å². The van der Waals surface area contributed by atoms with Crippen LogP contribution in [0.3, 0.4) is 0 Å². The Morgan fingerprint density at radius 1 is 1.21 bits per heavy atom.